The number of nitrogen functional groups attached to an aromatic ring is 1. The van der Waals surface area contributed by atoms with E-state index in [9.17, 15) is 4.79 Å². The van der Waals surface area contributed by atoms with Gasteiger partial charge in [-0.15, -0.1) is 0 Å². The van der Waals surface area contributed by atoms with Crippen molar-refractivity contribution in [2.75, 3.05) is 0 Å². The van der Waals surface area contributed by atoms with E-state index in [1.165, 1.54) is 0 Å². The predicted molar refractivity (Wildman–Crippen MR) is 58.4 cm³/mol. The number of rotatable bonds is 3. The summed E-state index contributed by atoms with van der Waals surface area (Å²) in [5.41, 5.74) is 3.34. The van der Waals surface area contributed by atoms with Gasteiger partial charge in [-0.25, -0.2) is 10.8 Å². The number of hydrazine groups is 1. The van der Waals surface area contributed by atoms with Crippen LogP contribution in [-0.4, -0.2) is 15.9 Å². The van der Waals surface area contributed by atoms with Gasteiger partial charge in [-0.3, -0.25) is 10.2 Å². The third-order valence-corrected chi connectivity index (χ3v) is 2.22. The van der Waals surface area contributed by atoms with Gasteiger partial charge in [0, 0.05) is 5.92 Å². The number of imidazole rings is 1. The molecule has 0 aliphatic heterocycles. The van der Waals surface area contributed by atoms with E-state index < -0.39 is 0 Å². The molecule has 1 rings (SSSR count). The molecule has 5 heteroatoms. The fourth-order valence-corrected chi connectivity index (χ4v) is 1.34. The van der Waals surface area contributed by atoms with E-state index >= 15 is 0 Å². The summed E-state index contributed by atoms with van der Waals surface area (Å²) in [4.78, 5) is 18.9. The number of hydrogen-bond donors (Lipinski definition) is 3. The average molecular weight is 210 g/mol. The summed E-state index contributed by atoms with van der Waals surface area (Å²) in [5, 5.41) is 0. The maximum Gasteiger partial charge on any atom is 0.285 e. The first-order valence-electron chi connectivity index (χ1n) is 5.08. The Morgan fingerprint density at radius 1 is 1.33 bits per heavy atom. The number of nitrogens with zero attached hydrogens (tertiary/aromatic N) is 1. The molecule has 0 bridgehead atoms. The number of carbonyl (C=O) groups excluding carboxylic acids is 1. The van der Waals surface area contributed by atoms with E-state index in [4.69, 9.17) is 5.84 Å². The van der Waals surface area contributed by atoms with Crippen LogP contribution in [-0.2, 0) is 0 Å². The Kier molecular flexibility index (Phi) is 3.47. The first-order chi connectivity index (χ1) is 6.97. The fourth-order valence-electron chi connectivity index (χ4n) is 1.34. The number of nitrogens with one attached hydrogen (secondary N) is 2. The minimum atomic E-state index is -0.346. The Hall–Kier alpha value is -1.36. The van der Waals surface area contributed by atoms with Crippen LogP contribution in [0.1, 0.15) is 61.5 Å². The van der Waals surface area contributed by atoms with Gasteiger partial charge >= 0.3 is 0 Å². The minimum Gasteiger partial charge on any atom is -0.345 e. The van der Waals surface area contributed by atoms with Crippen molar-refractivity contribution in [2.45, 2.75) is 39.5 Å². The highest BCUT2D eigenvalue weighted by Crippen LogP contribution is 2.20. The highest BCUT2D eigenvalue weighted by molar-refractivity contribution is 5.93. The SMILES string of the molecule is CC(C)c1nc(C(=O)NN)c(C(C)C)[nH]1. The standard InChI is InChI=1S/C10H18N4O/c1-5(2)7-8(10(15)14-11)13-9(12-7)6(3)4/h5-6H,11H2,1-4H3,(H,12,13)(H,14,15). The third kappa shape index (κ3) is 2.36. The highest BCUT2D eigenvalue weighted by Gasteiger charge is 2.19. The summed E-state index contributed by atoms with van der Waals surface area (Å²) in [6.45, 7) is 8.05. The van der Waals surface area contributed by atoms with Crippen LogP contribution >= 0.6 is 0 Å². The van der Waals surface area contributed by atoms with Gasteiger partial charge in [0.25, 0.3) is 5.91 Å². The van der Waals surface area contributed by atoms with E-state index in [1.54, 1.807) is 0 Å². The van der Waals surface area contributed by atoms with Gasteiger partial charge in [0.2, 0.25) is 0 Å². The molecule has 15 heavy (non-hydrogen) atoms. The first kappa shape index (κ1) is 11.7. The molecule has 0 aliphatic rings. The zero-order chi connectivity index (χ0) is 11.6. The van der Waals surface area contributed by atoms with Crippen LogP contribution in [0.15, 0.2) is 0 Å². The molecule has 0 atom stereocenters. The number of carbonyl (C=O) groups is 1. The molecule has 0 saturated heterocycles. The number of amides is 1. The van der Waals surface area contributed by atoms with Crippen LogP contribution in [0.25, 0.3) is 0 Å². The van der Waals surface area contributed by atoms with Crippen molar-refractivity contribution in [3.63, 3.8) is 0 Å². The topological polar surface area (TPSA) is 83.8 Å². The summed E-state index contributed by atoms with van der Waals surface area (Å²) in [5.74, 6) is 6.06. The van der Waals surface area contributed by atoms with Crippen LogP contribution in [0.2, 0.25) is 0 Å². The van der Waals surface area contributed by atoms with Crippen molar-refractivity contribution in [1.29, 1.82) is 0 Å². The summed E-state index contributed by atoms with van der Waals surface area (Å²) < 4.78 is 0. The molecule has 0 aliphatic carbocycles. The lowest BCUT2D eigenvalue weighted by Crippen LogP contribution is -2.31. The summed E-state index contributed by atoms with van der Waals surface area (Å²) in [6, 6.07) is 0. The molecule has 0 radical (unpaired) electrons. The molecule has 4 N–H and O–H groups in total. The number of H-pyrrole nitrogens is 1. The van der Waals surface area contributed by atoms with Crippen LogP contribution in [0.3, 0.4) is 0 Å². The Labute approximate surface area is 89.4 Å². The molecule has 1 heterocycles. The van der Waals surface area contributed by atoms with Crippen molar-refractivity contribution < 1.29 is 4.79 Å². The molecule has 0 unspecified atom stereocenters. The van der Waals surface area contributed by atoms with Gasteiger partial charge in [0.1, 0.15) is 5.82 Å². The van der Waals surface area contributed by atoms with Gasteiger partial charge in [0.05, 0.1) is 5.69 Å². The molecular formula is C10H18N4O. The van der Waals surface area contributed by atoms with Crippen LogP contribution < -0.4 is 11.3 Å². The van der Waals surface area contributed by atoms with Crippen molar-refractivity contribution in [2.24, 2.45) is 5.84 Å². The molecular weight excluding hydrogens is 192 g/mol. The van der Waals surface area contributed by atoms with E-state index in [0.29, 0.717) is 5.69 Å². The average Bonchev–Trinajstić information content (AvgIpc) is 2.61. The largest absolute Gasteiger partial charge is 0.345 e. The second kappa shape index (κ2) is 4.44. The van der Waals surface area contributed by atoms with E-state index in [1.807, 2.05) is 27.7 Å². The second-order valence-corrected chi connectivity index (χ2v) is 4.17. The van der Waals surface area contributed by atoms with E-state index in [2.05, 4.69) is 15.4 Å². The highest BCUT2D eigenvalue weighted by atomic mass is 16.2. The van der Waals surface area contributed by atoms with Crippen molar-refractivity contribution >= 4 is 5.91 Å². The molecule has 0 spiro atoms. The molecule has 0 saturated carbocycles. The fraction of sp³-hybridized carbons (Fsp3) is 0.600. The molecule has 1 aromatic rings. The van der Waals surface area contributed by atoms with Gasteiger partial charge in [-0.2, -0.15) is 0 Å². The van der Waals surface area contributed by atoms with E-state index in [0.717, 1.165) is 11.5 Å². The predicted octanol–water partition coefficient (Wildman–Crippen LogP) is 1.26. The van der Waals surface area contributed by atoms with Crippen molar-refractivity contribution in [3.05, 3.63) is 17.2 Å². The zero-order valence-electron chi connectivity index (χ0n) is 9.59. The van der Waals surface area contributed by atoms with Crippen LogP contribution in [0, 0.1) is 0 Å². The number of nitrogens with two attached hydrogens (primary N) is 1. The first-order valence-corrected chi connectivity index (χ1v) is 5.08. The lowest BCUT2D eigenvalue weighted by molar-refractivity contribution is 0.0947. The normalized spacial score (nSPS) is 11.1. The smallest absolute Gasteiger partial charge is 0.285 e. The number of aromatic nitrogens is 2. The van der Waals surface area contributed by atoms with Gasteiger partial charge < -0.3 is 4.98 Å². The quantitative estimate of drug-likeness (QED) is 0.399. The lowest BCUT2D eigenvalue weighted by Gasteiger charge is -2.03. The van der Waals surface area contributed by atoms with Gasteiger partial charge in [0.15, 0.2) is 5.69 Å². The molecule has 1 aromatic heterocycles. The van der Waals surface area contributed by atoms with Crippen molar-refractivity contribution in [3.8, 4) is 0 Å². The van der Waals surface area contributed by atoms with Crippen LogP contribution in [0.5, 0.6) is 0 Å². The minimum absolute atomic E-state index is 0.220. The Balaban J connectivity index is 3.17. The van der Waals surface area contributed by atoms with Crippen molar-refractivity contribution in [1.82, 2.24) is 15.4 Å². The lowest BCUT2D eigenvalue weighted by atomic mass is 10.1. The van der Waals surface area contributed by atoms with Crippen LogP contribution in [0.4, 0.5) is 0 Å². The monoisotopic (exact) mass is 210 g/mol. The van der Waals surface area contributed by atoms with Gasteiger partial charge in [-0.1, -0.05) is 27.7 Å². The molecule has 5 nitrogen and oxygen atoms in total. The summed E-state index contributed by atoms with van der Waals surface area (Å²) >= 11 is 0. The number of hydrogen-bond acceptors (Lipinski definition) is 3. The maximum atomic E-state index is 11.5. The summed E-state index contributed by atoms with van der Waals surface area (Å²) in [6.07, 6.45) is 0. The molecule has 84 valence electrons. The Bertz CT molecular complexity index is 354. The van der Waals surface area contributed by atoms with E-state index in [-0.39, 0.29) is 17.7 Å². The molecule has 1 amide bonds. The Morgan fingerprint density at radius 2 is 1.93 bits per heavy atom. The second-order valence-electron chi connectivity index (χ2n) is 4.17. The molecule has 0 aromatic carbocycles. The summed E-state index contributed by atoms with van der Waals surface area (Å²) in [7, 11) is 0. The Morgan fingerprint density at radius 3 is 2.33 bits per heavy atom. The van der Waals surface area contributed by atoms with Gasteiger partial charge in [-0.05, 0) is 5.92 Å². The molecule has 0 fully saturated rings. The third-order valence-electron chi connectivity index (χ3n) is 2.22. The zero-order valence-corrected chi connectivity index (χ0v) is 9.59. The number of aromatic amines is 1. The maximum absolute atomic E-state index is 11.5.